The van der Waals surface area contributed by atoms with Gasteiger partial charge in [-0.05, 0) is 17.7 Å². The van der Waals surface area contributed by atoms with Crippen molar-refractivity contribution in [2.45, 2.75) is 40.2 Å². The molecule has 148 valence electrons. The molecular weight excluding hydrogens is 348 g/mol. The van der Waals surface area contributed by atoms with E-state index in [0.29, 0.717) is 37.4 Å². The number of aromatic hydroxyl groups is 1. The fourth-order valence-electron chi connectivity index (χ4n) is 3.03. The standard InChI is InChI=1S/C20H28N2O5/c1-13(23)21-17(19(26)22-7-9-27-10-8-22)11-14-5-6-15(24)12-16(14)18(25)20(2,3)4/h5-6,12,17,24H,7-11H2,1-4H3,(H,21,23)/t17-/m0/s1. The molecule has 1 aliphatic rings. The Kier molecular flexibility index (Phi) is 6.59. The van der Waals surface area contributed by atoms with Crippen LogP contribution >= 0.6 is 0 Å². The van der Waals surface area contributed by atoms with Gasteiger partial charge in [0.15, 0.2) is 5.78 Å². The first kappa shape index (κ1) is 20.9. The molecule has 0 saturated carbocycles. The maximum absolute atomic E-state index is 12.9. The molecular formula is C20H28N2O5. The number of ether oxygens (including phenoxy) is 1. The zero-order valence-corrected chi connectivity index (χ0v) is 16.4. The molecule has 0 aromatic heterocycles. The maximum Gasteiger partial charge on any atom is 0.245 e. The number of phenolic OH excluding ortho intramolecular Hbond substituents is 1. The summed E-state index contributed by atoms with van der Waals surface area (Å²) in [5.74, 6) is -0.657. The Balaban J connectivity index is 2.32. The van der Waals surface area contributed by atoms with Gasteiger partial charge in [0.2, 0.25) is 11.8 Å². The molecule has 2 rings (SSSR count). The topological polar surface area (TPSA) is 95.9 Å². The minimum atomic E-state index is -0.781. The highest BCUT2D eigenvalue weighted by Gasteiger charge is 2.30. The Morgan fingerprint density at radius 3 is 2.41 bits per heavy atom. The average molecular weight is 376 g/mol. The molecule has 7 nitrogen and oxygen atoms in total. The van der Waals surface area contributed by atoms with E-state index in [1.807, 2.05) is 0 Å². The molecule has 2 amide bonds. The van der Waals surface area contributed by atoms with Gasteiger partial charge in [0.05, 0.1) is 13.2 Å². The Labute approximate surface area is 159 Å². The number of phenols is 1. The molecule has 0 spiro atoms. The number of rotatable bonds is 5. The summed E-state index contributed by atoms with van der Waals surface area (Å²) < 4.78 is 5.28. The summed E-state index contributed by atoms with van der Waals surface area (Å²) in [6, 6.07) is 3.76. The molecule has 1 aromatic carbocycles. The number of carbonyl (C=O) groups is 3. The summed E-state index contributed by atoms with van der Waals surface area (Å²) in [7, 11) is 0. The van der Waals surface area contributed by atoms with Crippen LogP contribution in [0, 0.1) is 5.41 Å². The van der Waals surface area contributed by atoms with E-state index in [9.17, 15) is 19.5 Å². The molecule has 7 heteroatoms. The highest BCUT2D eigenvalue weighted by Crippen LogP contribution is 2.27. The number of hydrogen-bond donors (Lipinski definition) is 2. The SMILES string of the molecule is CC(=O)N[C@@H](Cc1ccc(O)cc1C(=O)C(C)(C)C)C(=O)N1CCOCC1. The number of nitrogens with one attached hydrogen (secondary N) is 1. The predicted molar refractivity (Wildman–Crippen MR) is 101 cm³/mol. The lowest BCUT2D eigenvalue weighted by molar-refractivity contribution is -0.139. The molecule has 1 fully saturated rings. The van der Waals surface area contributed by atoms with Crippen LogP contribution in [-0.4, -0.2) is 59.9 Å². The van der Waals surface area contributed by atoms with Gasteiger partial charge in [0.25, 0.3) is 0 Å². The maximum atomic E-state index is 12.9. The van der Waals surface area contributed by atoms with E-state index in [-0.39, 0.29) is 29.8 Å². The Morgan fingerprint density at radius 1 is 1.22 bits per heavy atom. The van der Waals surface area contributed by atoms with E-state index in [4.69, 9.17) is 4.74 Å². The lowest BCUT2D eigenvalue weighted by Gasteiger charge is -2.31. The number of ketones is 1. The second kappa shape index (κ2) is 8.52. The third kappa shape index (κ3) is 5.53. The van der Waals surface area contributed by atoms with Gasteiger partial charge in [-0.2, -0.15) is 0 Å². The fourth-order valence-corrected chi connectivity index (χ4v) is 3.03. The van der Waals surface area contributed by atoms with Crippen LogP contribution in [0.5, 0.6) is 5.75 Å². The van der Waals surface area contributed by atoms with Crippen molar-refractivity contribution in [2.24, 2.45) is 5.41 Å². The normalized spacial score (nSPS) is 15.9. The molecule has 27 heavy (non-hydrogen) atoms. The number of amides is 2. The minimum absolute atomic E-state index is 0.0121. The van der Waals surface area contributed by atoms with Crippen LogP contribution in [0.2, 0.25) is 0 Å². The van der Waals surface area contributed by atoms with Crippen molar-refractivity contribution < 1.29 is 24.2 Å². The first-order valence-electron chi connectivity index (χ1n) is 9.10. The van der Waals surface area contributed by atoms with Crippen molar-refractivity contribution in [1.82, 2.24) is 10.2 Å². The van der Waals surface area contributed by atoms with E-state index >= 15 is 0 Å². The van der Waals surface area contributed by atoms with Gasteiger partial charge in [-0.1, -0.05) is 26.8 Å². The minimum Gasteiger partial charge on any atom is -0.508 e. The molecule has 1 aliphatic heterocycles. The number of benzene rings is 1. The lowest BCUT2D eigenvalue weighted by atomic mass is 9.83. The van der Waals surface area contributed by atoms with Gasteiger partial charge in [-0.3, -0.25) is 14.4 Å². The highest BCUT2D eigenvalue weighted by atomic mass is 16.5. The summed E-state index contributed by atoms with van der Waals surface area (Å²) in [4.78, 5) is 39.0. The van der Waals surface area contributed by atoms with Crippen LogP contribution < -0.4 is 5.32 Å². The largest absolute Gasteiger partial charge is 0.508 e. The van der Waals surface area contributed by atoms with Crippen molar-refractivity contribution in [3.8, 4) is 5.75 Å². The molecule has 2 N–H and O–H groups in total. The van der Waals surface area contributed by atoms with E-state index in [0.717, 1.165) is 0 Å². The van der Waals surface area contributed by atoms with Crippen LogP contribution in [0.4, 0.5) is 0 Å². The molecule has 1 saturated heterocycles. The van der Waals surface area contributed by atoms with E-state index < -0.39 is 11.5 Å². The molecule has 0 unspecified atom stereocenters. The van der Waals surface area contributed by atoms with Gasteiger partial charge in [0, 0.05) is 37.4 Å². The van der Waals surface area contributed by atoms with Crippen molar-refractivity contribution in [3.05, 3.63) is 29.3 Å². The molecule has 1 atom stereocenters. The fraction of sp³-hybridized carbons (Fsp3) is 0.550. The Hall–Kier alpha value is -2.41. The van der Waals surface area contributed by atoms with E-state index in [2.05, 4.69) is 5.32 Å². The second-order valence-electron chi connectivity index (χ2n) is 7.82. The molecule has 0 radical (unpaired) electrons. The van der Waals surface area contributed by atoms with Crippen molar-refractivity contribution in [2.75, 3.05) is 26.3 Å². The number of morpholine rings is 1. The number of hydrogen-bond acceptors (Lipinski definition) is 5. The lowest BCUT2D eigenvalue weighted by Crippen LogP contribution is -2.52. The third-order valence-electron chi connectivity index (χ3n) is 4.44. The van der Waals surface area contributed by atoms with Gasteiger partial charge in [-0.25, -0.2) is 0 Å². The predicted octanol–water partition coefficient (Wildman–Crippen LogP) is 1.53. The van der Waals surface area contributed by atoms with Gasteiger partial charge in [0.1, 0.15) is 11.8 Å². The first-order valence-corrected chi connectivity index (χ1v) is 9.10. The summed E-state index contributed by atoms with van der Waals surface area (Å²) in [6.07, 6.45) is 0.174. The van der Waals surface area contributed by atoms with E-state index in [1.165, 1.54) is 19.1 Å². The number of carbonyl (C=O) groups excluding carboxylic acids is 3. The smallest absolute Gasteiger partial charge is 0.245 e. The van der Waals surface area contributed by atoms with E-state index in [1.54, 1.807) is 31.7 Å². The third-order valence-corrected chi connectivity index (χ3v) is 4.44. The second-order valence-corrected chi connectivity index (χ2v) is 7.82. The van der Waals surface area contributed by atoms with Crippen LogP contribution in [-0.2, 0) is 20.7 Å². The van der Waals surface area contributed by atoms with Crippen LogP contribution in [0.15, 0.2) is 18.2 Å². The Bertz CT molecular complexity index is 718. The van der Waals surface area contributed by atoms with Gasteiger partial charge in [-0.15, -0.1) is 0 Å². The summed E-state index contributed by atoms with van der Waals surface area (Å²) in [6.45, 7) is 8.62. The quantitative estimate of drug-likeness (QED) is 0.760. The molecule has 0 bridgehead atoms. The Morgan fingerprint density at radius 2 is 1.85 bits per heavy atom. The zero-order chi connectivity index (χ0) is 20.2. The van der Waals surface area contributed by atoms with Gasteiger partial charge < -0.3 is 20.1 Å². The number of nitrogens with zero attached hydrogens (tertiary/aromatic N) is 1. The first-order chi connectivity index (χ1) is 12.6. The molecule has 1 aromatic rings. The summed E-state index contributed by atoms with van der Waals surface area (Å²) >= 11 is 0. The van der Waals surface area contributed by atoms with Crippen LogP contribution in [0.25, 0.3) is 0 Å². The summed E-state index contributed by atoms with van der Waals surface area (Å²) in [5.41, 5.74) is 0.348. The van der Waals surface area contributed by atoms with Crippen LogP contribution in [0.1, 0.15) is 43.6 Å². The molecule has 1 heterocycles. The monoisotopic (exact) mass is 376 g/mol. The number of Topliss-reactive ketones (excluding diaryl/α,β-unsaturated/α-hetero) is 1. The van der Waals surface area contributed by atoms with Gasteiger partial charge >= 0.3 is 0 Å². The zero-order valence-electron chi connectivity index (χ0n) is 16.4. The highest BCUT2D eigenvalue weighted by molar-refractivity contribution is 6.01. The average Bonchev–Trinajstić information content (AvgIpc) is 2.60. The van der Waals surface area contributed by atoms with Crippen molar-refractivity contribution in [3.63, 3.8) is 0 Å². The van der Waals surface area contributed by atoms with Crippen molar-refractivity contribution in [1.29, 1.82) is 0 Å². The van der Waals surface area contributed by atoms with Crippen LogP contribution in [0.3, 0.4) is 0 Å². The summed E-state index contributed by atoms with van der Waals surface area (Å²) in [5, 5.41) is 12.5. The molecule has 0 aliphatic carbocycles. The van der Waals surface area contributed by atoms with Crippen molar-refractivity contribution >= 4 is 17.6 Å².